The van der Waals surface area contributed by atoms with E-state index in [1.54, 1.807) is 0 Å². The number of H-pyrrole nitrogens is 1. The van der Waals surface area contributed by atoms with Gasteiger partial charge in [0.2, 0.25) is 0 Å². The van der Waals surface area contributed by atoms with Gasteiger partial charge in [-0.15, -0.1) is 0 Å². The lowest BCUT2D eigenvalue weighted by Crippen LogP contribution is -2.19. The lowest BCUT2D eigenvalue weighted by atomic mass is 9.82. The fraction of sp³-hybridized carbons (Fsp3) is 0.818. The number of nitrogens with one attached hydrogen (secondary N) is 1. The molecular weight excluding hydrogens is 206 g/mol. The molecule has 16 heavy (non-hydrogen) atoms. The molecule has 1 aliphatic rings. The van der Waals surface area contributed by atoms with Gasteiger partial charge in [0.15, 0.2) is 5.82 Å². The topological polar surface area (TPSA) is 84.9 Å². The first-order valence-corrected chi connectivity index (χ1v) is 6.05. The number of nitrogens with zero attached hydrogens (tertiary/aromatic N) is 1. The molecule has 0 amide bonds. The molecule has 0 aromatic carbocycles. The summed E-state index contributed by atoms with van der Waals surface area (Å²) in [5, 5.41) is 3.73. The van der Waals surface area contributed by atoms with Crippen LogP contribution < -0.4 is 11.5 Å². The van der Waals surface area contributed by atoms with Crippen molar-refractivity contribution in [3.05, 3.63) is 16.4 Å². The van der Waals surface area contributed by atoms with Crippen molar-refractivity contribution < 1.29 is 4.52 Å². The van der Waals surface area contributed by atoms with Gasteiger partial charge in [0, 0.05) is 12.5 Å². The average molecular weight is 225 g/mol. The molecule has 1 unspecified atom stereocenters. The zero-order chi connectivity index (χ0) is 11.4. The standard InChI is InChI=1S/C11H19N3O2/c12-7-9(10-13-11(15)16-14-10)6-8-4-2-1-3-5-8/h8-9H,1-7,12H2,(H,13,14,15). The van der Waals surface area contributed by atoms with Gasteiger partial charge in [-0.25, -0.2) is 4.79 Å². The molecule has 0 aliphatic heterocycles. The zero-order valence-corrected chi connectivity index (χ0v) is 9.45. The minimum atomic E-state index is -0.489. The van der Waals surface area contributed by atoms with Crippen LogP contribution in [0, 0.1) is 5.92 Å². The van der Waals surface area contributed by atoms with Crippen molar-refractivity contribution in [1.29, 1.82) is 0 Å². The van der Waals surface area contributed by atoms with E-state index in [0.717, 1.165) is 12.3 Å². The lowest BCUT2D eigenvalue weighted by molar-refractivity contribution is 0.310. The van der Waals surface area contributed by atoms with Crippen LogP contribution in [0.4, 0.5) is 0 Å². The highest BCUT2D eigenvalue weighted by Crippen LogP contribution is 2.31. The van der Waals surface area contributed by atoms with Crippen molar-refractivity contribution in [2.24, 2.45) is 11.7 Å². The fourth-order valence-corrected chi connectivity index (χ4v) is 2.56. The monoisotopic (exact) mass is 225 g/mol. The molecule has 1 atom stereocenters. The van der Waals surface area contributed by atoms with E-state index in [1.807, 2.05) is 0 Å². The molecule has 0 saturated heterocycles. The third-order valence-corrected chi connectivity index (χ3v) is 3.47. The minimum absolute atomic E-state index is 0.134. The van der Waals surface area contributed by atoms with Crippen LogP contribution in [-0.4, -0.2) is 16.7 Å². The van der Waals surface area contributed by atoms with Gasteiger partial charge in [0.05, 0.1) is 0 Å². The Morgan fingerprint density at radius 3 is 2.75 bits per heavy atom. The van der Waals surface area contributed by atoms with E-state index in [0.29, 0.717) is 12.4 Å². The van der Waals surface area contributed by atoms with Crippen LogP contribution >= 0.6 is 0 Å². The van der Waals surface area contributed by atoms with Crippen molar-refractivity contribution in [1.82, 2.24) is 10.1 Å². The molecule has 90 valence electrons. The summed E-state index contributed by atoms with van der Waals surface area (Å²) in [7, 11) is 0. The number of aromatic amines is 1. The summed E-state index contributed by atoms with van der Waals surface area (Å²) in [6, 6.07) is 0. The molecule has 5 nitrogen and oxygen atoms in total. The SMILES string of the molecule is NCC(CC1CCCCC1)c1noc(=O)[nH]1. The Labute approximate surface area is 94.4 Å². The van der Waals surface area contributed by atoms with E-state index in [1.165, 1.54) is 32.1 Å². The van der Waals surface area contributed by atoms with Crippen LogP contribution in [0.3, 0.4) is 0 Å². The van der Waals surface area contributed by atoms with Gasteiger partial charge in [0.25, 0.3) is 0 Å². The highest BCUT2D eigenvalue weighted by atomic mass is 16.5. The molecule has 1 aliphatic carbocycles. The van der Waals surface area contributed by atoms with Gasteiger partial charge in [-0.05, 0) is 12.3 Å². The minimum Gasteiger partial charge on any atom is -0.330 e. The van der Waals surface area contributed by atoms with Crippen LogP contribution in [0.1, 0.15) is 50.3 Å². The van der Waals surface area contributed by atoms with Crippen molar-refractivity contribution >= 4 is 0 Å². The summed E-state index contributed by atoms with van der Waals surface area (Å²) >= 11 is 0. The second-order valence-electron chi connectivity index (χ2n) is 4.65. The molecule has 1 aromatic rings. The van der Waals surface area contributed by atoms with Crippen molar-refractivity contribution in [2.75, 3.05) is 6.54 Å². The number of nitrogens with two attached hydrogens (primary N) is 1. The smallest absolute Gasteiger partial charge is 0.330 e. The largest absolute Gasteiger partial charge is 0.438 e. The Morgan fingerprint density at radius 1 is 1.44 bits per heavy atom. The summed E-state index contributed by atoms with van der Waals surface area (Å²) in [6.45, 7) is 0.513. The summed E-state index contributed by atoms with van der Waals surface area (Å²) < 4.78 is 4.52. The second-order valence-corrected chi connectivity index (χ2v) is 4.65. The van der Waals surface area contributed by atoms with Gasteiger partial charge in [-0.3, -0.25) is 9.51 Å². The molecule has 0 spiro atoms. The highest BCUT2D eigenvalue weighted by Gasteiger charge is 2.21. The Bertz CT molecular complexity index is 365. The number of aromatic nitrogens is 2. The Hall–Kier alpha value is -1.10. The quantitative estimate of drug-likeness (QED) is 0.810. The van der Waals surface area contributed by atoms with Gasteiger partial charge in [-0.1, -0.05) is 37.3 Å². The first kappa shape index (κ1) is 11.4. The maximum atomic E-state index is 10.9. The predicted octanol–water partition coefficient (Wildman–Crippen LogP) is 1.38. The van der Waals surface area contributed by atoms with Crippen LogP contribution in [-0.2, 0) is 0 Å². The average Bonchev–Trinajstić information content (AvgIpc) is 2.74. The van der Waals surface area contributed by atoms with E-state index in [4.69, 9.17) is 5.73 Å². The van der Waals surface area contributed by atoms with Crippen molar-refractivity contribution in [2.45, 2.75) is 44.4 Å². The number of hydrogen-bond acceptors (Lipinski definition) is 4. The summed E-state index contributed by atoms with van der Waals surface area (Å²) in [4.78, 5) is 13.5. The summed E-state index contributed by atoms with van der Waals surface area (Å²) in [6.07, 6.45) is 7.55. The van der Waals surface area contributed by atoms with Crippen LogP contribution in [0.25, 0.3) is 0 Å². The second kappa shape index (κ2) is 5.30. The molecule has 2 rings (SSSR count). The third-order valence-electron chi connectivity index (χ3n) is 3.47. The van der Waals surface area contributed by atoms with Gasteiger partial charge in [-0.2, -0.15) is 0 Å². The Morgan fingerprint density at radius 2 is 2.19 bits per heavy atom. The molecule has 1 heterocycles. The molecule has 0 bridgehead atoms. The van der Waals surface area contributed by atoms with Gasteiger partial charge in [0.1, 0.15) is 0 Å². The molecular formula is C11H19N3O2. The van der Waals surface area contributed by atoms with Crippen LogP contribution in [0.2, 0.25) is 0 Å². The number of rotatable bonds is 4. The maximum Gasteiger partial charge on any atom is 0.438 e. The molecule has 0 radical (unpaired) electrons. The third kappa shape index (κ3) is 2.72. The van der Waals surface area contributed by atoms with Crippen molar-refractivity contribution in [3.63, 3.8) is 0 Å². The summed E-state index contributed by atoms with van der Waals surface area (Å²) in [5.74, 6) is 0.979. The van der Waals surface area contributed by atoms with E-state index >= 15 is 0 Å². The fourth-order valence-electron chi connectivity index (χ4n) is 2.56. The first-order valence-electron chi connectivity index (χ1n) is 6.05. The van der Waals surface area contributed by atoms with E-state index < -0.39 is 5.76 Å². The Kier molecular flexibility index (Phi) is 3.77. The number of hydrogen-bond donors (Lipinski definition) is 2. The van der Waals surface area contributed by atoms with E-state index in [-0.39, 0.29) is 5.92 Å². The lowest BCUT2D eigenvalue weighted by Gasteiger charge is -2.24. The normalized spacial score (nSPS) is 19.8. The van der Waals surface area contributed by atoms with E-state index in [9.17, 15) is 4.79 Å². The van der Waals surface area contributed by atoms with E-state index in [2.05, 4.69) is 14.7 Å². The predicted molar refractivity (Wildman–Crippen MR) is 60.1 cm³/mol. The van der Waals surface area contributed by atoms with Gasteiger partial charge < -0.3 is 5.73 Å². The molecule has 5 heteroatoms. The first-order chi connectivity index (χ1) is 7.79. The van der Waals surface area contributed by atoms with Crippen LogP contribution in [0.15, 0.2) is 9.32 Å². The molecule has 1 saturated carbocycles. The van der Waals surface area contributed by atoms with Crippen LogP contribution in [0.5, 0.6) is 0 Å². The molecule has 1 fully saturated rings. The zero-order valence-electron chi connectivity index (χ0n) is 9.45. The highest BCUT2D eigenvalue weighted by molar-refractivity contribution is 4.94. The maximum absolute atomic E-state index is 10.9. The van der Waals surface area contributed by atoms with Gasteiger partial charge >= 0.3 is 5.76 Å². The van der Waals surface area contributed by atoms with Crippen molar-refractivity contribution in [3.8, 4) is 0 Å². The molecule has 1 aromatic heterocycles. The summed E-state index contributed by atoms with van der Waals surface area (Å²) in [5.41, 5.74) is 5.73. The Balaban J connectivity index is 1.97. The molecule has 3 N–H and O–H groups in total.